The van der Waals surface area contributed by atoms with E-state index in [1.807, 2.05) is 26.8 Å². The molecule has 0 unspecified atom stereocenters. The third kappa shape index (κ3) is 13.7. The predicted octanol–water partition coefficient (Wildman–Crippen LogP) is 9.01. The molecule has 0 saturated heterocycles. The Kier molecular flexibility index (Phi) is 15.7. The van der Waals surface area contributed by atoms with Crippen molar-refractivity contribution in [2.75, 3.05) is 0 Å². The molecular formula is C33H58N2O3. The number of rotatable bonds is 17. The summed E-state index contributed by atoms with van der Waals surface area (Å²) in [7, 11) is 0. The Morgan fingerprint density at radius 2 is 1.11 bits per heavy atom. The molecule has 0 bridgehead atoms. The molecule has 0 aliphatic heterocycles. The standard InChI is InChI=1S/C33H58N2O3/c1-8-9-10-11-12-13-14-15-16-17-18-19-20-21-22-23-29(36)34-35-31(38)27-24-26(32(2,3)4)25-28(30(27)37)33(5,6)7/h24-25,37H,8-23H2,1-7H3,(H,34,36)(H,35,38). The van der Waals surface area contributed by atoms with E-state index in [0.717, 1.165) is 30.4 Å². The van der Waals surface area contributed by atoms with Crippen LogP contribution in [0.4, 0.5) is 0 Å². The fourth-order valence-electron chi connectivity index (χ4n) is 4.73. The molecule has 0 radical (unpaired) electrons. The van der Waals surface area contributed by atoms with E-state index in [1.165, 1.54) is 77.0 Å². The first kappa shape index (κ1) is 34.0. The molecule has 218 valence electrons. The van der Waals surface area contributed by atoms with Crippen molar-refractivity contribution in [1.29, 1.82) is 0 Å². The summed E-state index contributed by atoms with van der Waals surface area (Å²) in [5.41, 5.74) is 6.40. The quantitative estimate of drug-likeness (QED) is 0.139. The molecule has 0 aromatic heterocycles. The largest absolute Gasteiger partial charge is 0.507 e. The number of phenols is 1. The van der Waals surface area contributed by atoms with Crippen molar-refractivity contribution < 1.29 is 14.7 Å². The van der Waals surface area contributed by atoms with E-state index in [2.05, 4.69) is 38.5 Å². The van der Waals surface area contributed by atoms with Gasteiger partial charge in [0.15, 0.2) is 0 Å². The van der Waals surface area contributed by atoms with Gasteiger partial charge in [-0.15, -0.1) is 0 Å². The molecule has 5 heteroatoms. The van der Waals surface area contributed by atoms with E-state index >= 15 is 0 Å². The lowest BCUT2D eigenvalue weighted by atomic mass is 9.79. The fraction of sp³-hybridized carbons (Fsp3) is 0.758. The van der Waals surface area contributed by atoms with Crippen LogP contribution in [0.15, 0.2) is 12.1 Å². The zero-order valence-corrected chi connectivity index (χ0v) is 25.7. The predicted molar refractivity (Wildman–Crippen MR) is 161 cm³/mol. The Morgan fingerprint density at radius 1 is 0.658 bits per heavy atom. The lowest BCUT2D eigenvalue weighted by Gasteiger charge is -2.27. The first-order chi connectivity index (χ1) is 17.9. The van der Waals surface area contributed by atoms with Crippen LogP contribution in [0.5, 0.6) is 5.75 Å². The molecule has 0 atom stereocenters. The Hall–Kier alpha value is -2.04. The summed E-state index contributed by atoms with van der Waals surface area (Å²) in [6.07, 6.45) is 19.7. The van der Waals surface area contributed by atoms with Gasteiger partial charge in [0.25, 0.3) is 5.91 Å². The van der Waals surface area contributed by atoms with E-state index in [1.54, 1.807) is 6.07 Å². The monoisotopic (exact) mass is 530 g/mol. The van der Waals surface area contributed by atoms with Gasteiger partial charge in [0.05, 0.1) is 5.56 Å². The molecule has 1 aromatic carbocycles. The summed E-state index contributed by atoms with van der Waals surface area (Å²) in [6, 6.07) is 3.70. The van der Waals surface area contributed by atoms with Gasteiger partial charge in [-0.1, -0.05) is 144 Å². The van der Waals surface area contributed by atoms with Gasteiger partial charge >= 0.3 is 0 Å². The Balaban J connectivity index is 2.26. The number of nitrogens with one attached hydrogen (secondary N) is 2. The van der Waals surface area contributed by atoms with Gasteiger partial charge in [0.1, 0.15) is 5.75 Å². The number of amides is 2. The maximum absolute atomic E-state index is 12.9. The van der Waals surface area contributed by atoms with Gasteiger partial charge in [-0.05, 0) is 28.9 Å². The normalized spacial score (nSPS) is 12.0. The summed E-state index contributed by atoms with van der Waals surface area (Å²) in [6.45, 7) is 14.5. The fourth-order valence-corrected chi connectivity index (χ4v) is 4.73. The minimum atomic E-state index is -0.496. The summed E-state index contributed by atoms with van der Waals surface area (Å²) in [5, 5.41) is 10.8. The SMILES string of the molecule is CCCCCCCCCCCCCCCCCC(=O)NNC(=O)c1cc(C(C)(C)C)cc(C(C)(C)C)c1O. The van der Waals surface area contributed by atoms with Crippen LogP contribution in [0.25, 0.3) is 0 Å². The third-order valence-electron chi connectivity index (χ3n) is 7.35. The van der Waals surface area contributed by atoms with E-state index in [4.69, 9.17) is 0 Å². The number of aromatic hydroxyl groups is 1. The second kappa shape index (κ2) is 17.5. The zero-order valence-electron chi connectivity index (χ0n) is 25.7. The number of hydrazine groups is 1. The van der Waals surface area contributed by atoms with Gasteiger partial charge in [-0.25, -0.2) is 0 Å². The van der Waals surface area contributed by atoms with E-state index in [0.29, 0.717) is 6.42 Å². The van der Waals surface area contributed by atoms with Crippen LogP contribution in [0, 0.1) is 0 Å². The first-order valence-electron chi connectivity index (χ1n) is 15.3. The highest BCUT2D eigenvalue weighted by Gasteiger charge is 2.27. The summed E-state index contributed by atoms with van der Waals surface area (Å²) >= 11 is 0. The minimum Gasteiger partial charge on any atom is -0.507 e. The van der Waals surface area contributed by atoms with E-state index in [9.17, 15) is 14.7 Å². The van der Waals surface area contributed by atoms with Gasteiger partial charge in [-0.3, -0.25) is 20.4 Å². The van der Waals surface area contributed by atoms with Crippen molar-refractivity contribution in [3.8, 4) is 5.75 Å². The topological polar surface area (TPSA) is 78.4 Å². The molecule has 38 heavy (non-hydrogen) atoms. The molecule has 0 heterocycles. The smallest absolute Gasteiger partial charge is 0.273 e. The molecule has 0 saturated carbocycles. The van der Waals surface area contributed by atoms with Crippen LogP contribution in [0.3, 0.4) is 0 Å². The van der Waals surface area contributed by atoms with Crippen LogP contribution in [-0.4, -0.2) is 16.9 Å². The minimum absolute atomic E-state index is 0.0281. The summed E-state index contributed by atoms with van der Waals surface area (Å²) in [5.74, 6) is -0.723. The maximum Gasteiger partial charge on any atom is 0.273 e. The third-order valence-corrected chi connectivity index (χ3v) is 7.35. The molecule has 1 aromatic rings. The average Bonchev–Trinajstić information content (AvgIpc) is 2.83. The van der Waals surface area contributed by atoms with Crippen LogP contribution in [0.1, 0.15) is 173 Å². The number of hydrogen-bond acceptors (Lipinski definition) is 3. The van der Waals surface area contributed by atoms with E-state index < -0.39 is 5.91 Å². The Morgan fingerprint density at radius 3 is 1.53 bits per heavy atom. The Bertz CT molecular complexity index is 834. The number of carbonyl (C=O) groups excluding carboxylic acids is 2. The van der Waals surface area contributed by atoms with Gasteiger partial charge in [0.2, 0.25) is 5.91 Å². The number of carbonyl (C=O) groups is 2. The summed E-state index contributed by atoms with van der Waals surface area (Å²) < 4.78 is 0. The highest BCUT2D eigenvalue weighted by Crippen LogP contribution is 2.37. The molecule has 0 aliphatic carbocycles. The number of phenolic OH excluding ortho intramolecular Hbond substituents is 1. The first-order valence-corrected chi connectivity index (χ1v) is 15.3. The average molecular weight is 531 g/mol. The highest BCUT2D eigenvalue weighted by molar-refractivity contribution is 5.98. The van der Waals surface area contributed by atoms with Crippen LogP contribution in [0.2, 0.25) is 0 Å². The molecule has 3 N–H and O–H groups in total. The molecule has 0 spiro atoms. The van der Waals surface area contributed by atoms with Crippen LogP contribution in [-0.2, 0) is 15.6 Å². The van der Waals surface area contributed by atoms with Crippen molar-refractivity contribution in [1.82, 2.24) is 10.9 Å². The number of unbranched alkanes of at least 4 members (excludes halogenated alkanes) is 14. The van der Waals surface area contributed by atoms with E-state index in [-0.39, 0.29) is 28.1 Å². The van der Waals surface area contributed by atoms with Gasteiger partial charge < -0.3 is 5.11 Å². The highest BCUT2D eigenvalue weighted by atomic mass is 16.3. The maximum atomic E-state index is 12.9. The molecule has 0 fully saturated rings. The van der Waals surface area contributed by atoms with Crippen molar-refractivity contribution in [2.45, 2.75) is 162 Å². The molecule has 5 nitrogen and oxygen atoms in total. The molecular weight excluding hydrogens is 472 g/mol. The Labute approximate surface area is 233 Å². The number of benzene rings is 1. The summed E-state index contributed by atoms with van der Waals surface area (Å²) in [4.78, 5) is 25.1. The van der Waals surface area contributed by atoms with Gasteiger partial charge in [0, 0.05) is 12.0 Å². The number of hydrogen-bond donors (Lipinski definition) is 3. The van der Waals surface area contributed by atoms with Crippen LogP contribution < -0.4 is 10.9 Å². The molecule has 2 amide bonds. The molecule has 0 aliphatic rings. The van der Waals surface area contributed by atoms with Crippen molar-refractivity contribution >= 4 is 11.8 Å². The van der Waals surface area contributed by atoms with Crippen LogP contribution >= 0.6 is 0 Å². The zero-order chi connectivity index (χ0) is 28.6. The molecule has 1 rings (SSSR count). The second-order valence-corrected chi connectivity index (χ2v) is 13.1. The lowest BCUT2D eigenvalue weighted by Crippen LogP contribution is -2.41. The van der Waals surface area contributed by atoms with Crippen molar-refractivity contribution in [3.05, 3.63) is 28.8 Å². The second-order valence-electron chi connectivity index (χ2n) is 13.1. The van der Waals surface area contributed by atoms with Crippen molar-refractivity contribution in [3.63, 3.8) is 0 Å². The van der Waals surface area contributed by atoms with Crippen molar-refractivity contribution in [2.24, 2.45) is 0 Å². The van der Waals surface area contributed by atoms with Gasteiger partial charge in [-0.2, -0.15) is 0 Å². The lowest BCUT2D eigenvalue weighted by molar-refractivity contribution is -0.122.